The van der Waals surface area contributed by atoms with E-state index in [2.05, 4.69) is 17.3 Å². The van der Waals surface area contributed by atoms with E-state index in [9.17, 15) is 4.79 Å². The second kappa shape index (κ2) is 6.92. The number of benzene rings is 1. The van der Waals surface area contributed by atoms with Crippen LogP contribution >= 0.6 is 0 Å². The third-order valence-electron chi connectivity index (χ3n) is 3.23. The molecule has 112 valence electrons. The number of aromatic nitrogens is 2. The lowest BCUT2D eigenvalue weighted by molar-refractivity contribution is 0.0947. The first-order valence-corrected chi connectivity index (χ1v) is 7.15. The van der Waals surface area contributed by atoms with Gasteiger partial charge in [0, 0.05) is 18.3 Å². The Kier molecular flexibility index (Phi) is 4.98. The van der Waals surface area contributed by atoms with E-state index in [1.807, 2.05) is 31.2 Å². The second-order valence-electron chi connectivity index (χ2n) is 4.89. The summed E-state index contributed by atoms with van der Waals surface area (Å²) in [6.07, 6.45) is 2.03. The number of carbonyl (C=O) groups is 1. The molecule has 0 radical (unpaired) electrons. The summed E-state index contributed by atoms with van der Waals surface area (Å²) in [5, 5.41) is 7.26. The van der Waals surface area contributed by atoms with Crippen molar-refractivity contribution in [1.29, 1.82) is 0 Å². The molecule has 1 aromatic heterocycles. The van der Waals surface area contributed by atoms with E-state index in [0.29, 0.717) is 12.2 Å². The molecule has 2 rings (SSSR count). The quantitative estimate of drug-likeness (QED) is 0.831. The molecule has 0 unspecified atom stereocenters. The number of nitrogens with zero attached hydrogens (tertiary/aromatic N) is 2. The lowest BCUT2D eigenvalue weighted by atomic mass is 10.3. The standard InChI is InChI=1S/C16H21N3O2/c1-4-5-9-17-16(20)15-10-12(2)19(18-15)13-7-6-8-14(11-13)21-3/h6-8,10-11H,4-5,9H2,1-3H3,(H,17,20). The highest BCUT2D eigenvalue weighted by Crippen LogP contribution is 2.18. The summed E-state index contributed by atoms with van der Waals surface area (Å²) in [5.74, 6) is 0.629. The summed E-state index contributed by atoms with van der Waals surface area (Å²) in [5.41, 5.74) is 2.22. The zero-order chi connectivity index (χ0) is 15.2. The summed E-state index contributed by atoms with van der Waals surface area (Å²) in [6.45, 7) is 4.70. The van der Waals surface area contributed by atoms with Crippen molar-refractivity contribution in [3.05, 3.63) is 41.7 Å². The Hall–Kier alpha value is -2.30. The molecule has 0 atom stereocenters. The van der Waals surface area contributed by atoms with Crippen molar-refractivity contribution in [3.8, 4) is 11.4 Å². The van der Waals surface area contributed by atoms with Gasteiger partial charge < -0.3 is 10.1 Å². The van der Waals surface area contributed by atoms with E-state index in [-0.39, 0.29) is 5.91 Å². The average Bonchev–Trinajstić information content (AvgIpc) is 2.89. The largest absolute Gasteiger partial charge is 0.497 e. The SMILES string of the molecule is CCCCNC(=O)c1cc(C)n(-c2cccc(OC)c2)n1. The van der Waals surface area contributed by atoms with Gasteiger partial charge in [0.2, 0.25) is 0 Å². The molecule has 2 aromatic rings. The molecule has 5 nitrogen and oxygen atoms in total. The molecule has 0 aliphatic carbocycles. The Labute approximate surface area is 124 Å². The summed E-state index contributed by atoms with van der Waals surface area (Å²) in [4.78, 5) is 12.0. The number of rotatable bonds is 6. The minimum absolute atomic E-state index is 0.131. The Morgan fingerprint density at radius 1 is 1.38 bits per heavy atom. The van der Waals surface area contributed by atoms with Gasteiger partial charge in [0.1, 0.15) is 5.75 Å². The van der Waals surface area contributed by atoms with Crippen LogP contribution in [0.2, 0.25) is 0 Å². The highest BCUT2D eigenvalue weighted by Gasteiger charge is 2.13. The van der Waals surface area contributed by atoms with Gasteiger partial charge in [-0.1, -0.05) is 19.4 Å². The third-order valence-corrected chi connectivity index (χ3v) is 3.23. The van der Waals surface area contributed by atoms with Crippen LogP contribution in [0.4, 0.5) is 0 Å². The van der Waals surface area contributed by atoms with Crippen LogP contribution in [0.3, 0.4) is 0 Å². The van der Waals surface area contributed by atoms with Gasteiger partial charge in [-0.2, -0.15) is 5.10 Å². The fourth-order valence-electron chi connectivity index (χ4n) is 2.06. The van der Waals surface area contributed by atoms with Crippen LogP contribution in [0.5, 0.6) is 5.75 Å². The van der Waals surface area contributed by atoms with E-state index in [1.165, 1.54) is 0 Å². The Bertz CT molecular complexity index is 620. The minimum atomic E-state index is -0.131. The lowest BCUT2D eigenvalue weighted by Gasteiger charge is -2.06. The van der Waals surface area contributed by atoms with Gasteiger partial charge in [-0.15, -0.1) is 0 Å². The maximum absolute atomic E-state index is 12.0. The first kappa shape index (κ1) is 15.1. The van der Waals surface area contributed by atoms with E-state index in [0.717, 1.165) is 30.0 Å². The first-order chi connectivity index (χ1) is 10.2. The highest BCUT2D eigenvalue weighted by atomic mass is 16.5. The topological polar surface area (TPSA) is 56.2 Å². The van der Waals surface area contributed by atoms with Crippen molar-refractivity contribution < 1.29 is 9.53 Å². The number of amides is 1. The fourth-order valence-corrected chi connectivity index (χ4v) is 2.06. The van der Waals surface area contributed by atoms with Gasteiger partial charge >= 0.3 is 0 Å². The molecule has 1 amide bonds. The Morgan fingerprint density at radius 3 is 2.90 bits per heavy atom. The Balaban J connectivity index is 2.20. The number of aryl methyl sites for hydroxylation is 1. The summed E-state index contributed by atoms with van der Waals surface area (Å²) >= 11 is 0. The van der Waals surface area contributed by atoms with Gasteiger partial charge in [-0.05, 0) is 31.5 Å². The maximum Gasteiger partial charge on any atom is 0.271 e. The van der Waals surface area contributed by atoms with Crippen LogP contribution in [0.1, 0.15) is 35.9 Å². The molecular weight excluding hydrogens is 266 g/mol. The van der Waals surface area contributed by atoms with Crippen molar-refractivity contribution in [2.24, 2.45) is 0 Å². The molecule has 0 saturated carbocycles. The average molecular weight is 287 g/mol. The van der Waals surface area contributed by atoms with Crippen LogP contribution in [0, 0.1) is 6.92 Å². The van der Waals surface area contributed by atoms with Crippen LogP contribution in [0.25, 0.3) is 5.69 Å². The third kappa shape index (κ3) is 3.62. The predicted octanol–water partition coefficient (Wildman–Crippen LogP) is 2.72. The molecule has 0 fully saturated rings. The van der Waals surface area contributed by atoms with E-state index in [1.54, 1.807) is 17.9 Å². The number of hydrogen-bond donors (Lipinski definition) is 1. The van der Waals surface area contributed by atoms with Crippen LogP contribution in [-0.4, -0.2) is 29.3 Å². The number of unbranched alkanes of at least 4 members (excludes halogenated alkanes) is 1. The molecule has 1 heterocycles. The van der Waals surface area contributed by atoms with Gasteiger partial charge in [0.25, 0.3) is 5.91 Å². The molecule has 0 spiro atoms. The van der Waals surface area contributed by atoms with Crippen molar-refractivity contribution in [2.75, 3.05) is 13.7 Å². The molecule has 5 heteroatoms. The number of methoxy groups -OCH3 is 1. The van der Waals surface area contributed by atoms with Crippen LogP contribution in [-0.2, 0) is 0 Å². The summed E-state index contributed by atoms with van der Waals surface area (Å²) in [6, 6.07) is 9.39. The highest BCUT2D eigenvalue weighted by molar-refractivity contribution is 5.92. The molecule has 0 aliphatic heterocycles. The maximum atomic E-state index is 12.0. The van der Waals surface area contributed by atoms with E-state index >= 15 is 0 Å². The van der Waals surface area contributed by atoms with Crippen LogP contribution in [0.15, 0.2) is 30.3 Å². The zero-order valence-electron chi connectivity index (χ0n) is 12.7. The fraction of sp³-hybridized carbons (Fsp3) is 0.375. The van der Waals surface area contributed by atoms with Crippen LogP contribution < -0.4 is 10.1 Å². The zero-order valence-corrected chi connectivity index (χ0v) is 12.7. The molecule has 0 saturated heterocycles. The molecule has 0 aliphatic rings. The first-order valence-electron chi connectivity index (χ1n) is 7.15. The van der Waals surface area contributed by atoms with Crippen molar-refractivity contribution >= 4 is 5.91 Å². The smallest absolute Gasteiger partial charge is 0.271 e. The van der Waals surface area contributed by atoms with E-state index < -0.39 is 0 Å². The Morgan fingerprint density at radius 2 is 2.19 bits per heavy atom. The van der Waals surface area contributed by atoms with Crippen molar-refractivity contribution in [3.63, 3.8) is 0 Å². The summed E-state index contributed by atoms with van der Waals surface area (Å²) < 4.78 is 6.96. The number of carbonyl (C=O) groups excluding carboxylic acids is 1. The van der Waals surface area contributed by atoms with Gasteiger partial charge in [0.15, 0.2) is 5.69 Å². The lowest BCUT2D eigenvalue weighted by Crippen LogP contribution is -2.24. The molecular formula is C16H21N3O2. The van der Waals surface area contributed by atoms with Crippen molar-refractivity contribution in [2.45, 2.75) is 26.7 Å². The van der Waals surface area contributed by atoms with Gasteiger partial charge in [-0.25, -0.2) is 4.68 Å². The van der Waals surface area contributed by atoms with Crippen molar-refractivity contribution in [1.82, 2.24) is 15.1 Å². The van der Waals surface area contributed by atoms with Gasteiger partial charge in [0.05, 0.1) is 12.8 Å². The molecule has 1 N–H and O–H groups in total. The predicted molar refractivity (Wildman–Crippen MR) is 82.1 cm³/mol. The number of ether oxygens (including phenoxy) is 1. The number of nitrogens with one attached hydrogen (secondary N) is 1. The normalized spacial score (nSPS) is 10.4. The molecule has 1 aromatic carbocycles. The van der Waals surface area contributed by atoms with E-state index in [4.69, 9.17) is 4.74 Å². The molecule has 0 bridgehead atoms. The second-order valence-corrected chi connectivity index (χ2v) is 4.89. The monoisotopic (exact) mass is 287 g/mol. The molecule has 21 heavy (non-hydrogen) atoms. The number of hydrogen-bond acceptors (Lipinski definition) is 3. The minimum Gasteiger partial charge on any atom is -0.497 e. The van der Waals surface area contributed by atoms with Gasteiger partial charge in [-0.3, -0.25) is 4.79 Å². The summed E-state index contributed by atoms with van der Waals surface area (Å²) in [7, 11) is 1.63.